The van der Waals surface area contributed by atoms with Crippen LogP contribution in [0.5, 0.6) is 5.75 Å². The predicted octanol–water partition coefficient (Wildman–Crippen LogP) is 4.24. The molecule has 2 nitrogen and oxygen atoms in total. The molecule has 84 valence electrons. The number of ether oxygens (including phenoxy) is 1. The van der Waals surface area contributed by atoms with Gasteiger partial charge >= 0.3 is 0 Å². The van der Waals surface area contributed by atoms with Crippen molar-refractivity contribution in [2.45, 2.75) is 20.5 Å². The second-order valence-corrected chi connectivity index (χ2v) is 4.53. The smallest absolute Gasteiger partial charge is 0.146 e. The number of halogens is 1. The Morgan fingerprint density at radius 2 is 1.94 bits per heavy atom. The van der Waals surface area contributed by atoms with E-state index in [0.717, 1.165) is 16.0 Å². The van der Waals surface area contributed by atoms with Crippen molar-refractivity contribution >= 4 is 15.9 Å². The number of hydrogen-bond donors (Lipinski definition) is 0. The average molecular weight is 281 g/mol. The van der Waals surface area contributed by atoms with Gasteiger partial charge < -0.3 is 9.15 Å². The number of benzene rings is 1. The van der Waals surface area contributed by atoms with Gasteiger partial charge in [-0.1, -0.05) is 15.9 Å². The Bertz CT molecular complexity index is 452. The quantitative estimate of drug-likeness (QED) is 0.839. The molecule has 0 fully saturated rings. The molecule has 0 amide bonds. The SMILES string of the molecule is Cc1cc(OCc2ccco2)cc(C)c1Br. The van der Waals surface area contributed by atoms with E-state index < -0.39 is 0 Å². The van der Waals surface area contributed by atoms with E-state index in [1.807, 2.05) is 24.3 Å². The highest BCUT2D eigenvalue weighted by atomic mass is 79.9. The molecule has 0 saturated heterocycles. The lowest BCUT2D eigenvalue weighted by atomic mass is 10.1. The fourth-order valence-electron chi connectivity index (χ4n) is 1.54. The number of hydrogen-bond acceptors (Lipinski definition) is 2. The topological polar surface area (TPSA) is 22.4 Å². The molecule has 0 N–H and O–H groups in total. The number of aryl methyl sites for hydroxylation is 2. The highest BCUT2D eigenvalue weighted by molar-refractivity contribution is 9.10. The van der Waals surface area contributed by atoms with Crippen molar-refractivity contribution in [1.82, 2.24) is 0 Å². The molecule has 16 heavy (non-hydrogen) atoms. The minimum Gasteiger partial charge on any atom is -0.486 e. The fourth-order valence-corrected chi connectivity index (χ4v) is 1.77. The zero-order chi connectivity index (χ0) is 11.5. The first-order valence-corrected chi connectivity index (χ1v) is 5.88. The van der Waals surface area contributed by atoms with Crippen LogP contribution in [-0.2, 0) is 6.61 Å². The van der Waals surface area contributed by atoms with E-state index >= 15 is 0 Å². The third-order valence-electron chi connectivity index (χ3n) is 2.37. The van der Waals surface area contributed by atoms with Crippen LogP contribution in [0.25, 0.3) is 0 Å². The summed E-state index contributed by atoms with van der Waals surface area (Å²) in [5.74, 6) is 1.70. The lowest BCUT2D eigenvalue weighted by Gasteiger charge is -2.08. The van der Waals surface area contributed by atoms with Gasteiger partial charge in [-0.3, -0.25) is 0 Å². The molecule has 2 aromatic rings. The molecule has 0 bridgehead atoms. The van der Waals surface area contributed by atoms with Gasteiger partial charge in [0.05, 0.1) is 6.26 Å². The second kappa shape index (κ2) is 4.74. The van der Waals surface area contributed by atoms with Gasteiger partial charge in [0.1, 0.15) is 18.1 Å². The van der Waals surface area contributed by atoms with E-state index in [9.17, 15) is 0 Å². The first kappa shape index (κ1) is 11.3. The van der Waals surface area contributed by atoms with Crippen molar-refractivity contribution in [2.24, 2.45) is 0 Å². The van der Waals surface area contributed by atoms with Gasteiger partial charge in [0.2, 0.25) is 0 Å². The van der Waals surface area contributed by atoms with E-state index in [-0.39, 0.29) is 0 Å². The zero-order valence-corrected chi connectivity index (χ0v) is 10.9. The third-order valence-corrected chi connectivity index (χ3v) is 3.62. The summed E-state index contributed by atoms with van der Waals surface area (Å²) in [6, 6.07) is 7.79. The molecule has 0 atom stereocenters. The Labute approximate surface area is 103 Å². The second-order valence-electron chi connectivity index (χ2n) is 3.74. The number of rotatable bonds is 3. The molecule has 3 heteroatoms. The maximum atomic E-state index is 5.65. The fraction of sp³-hybridized carbons (Fsp3) is 0.231. The van der Waals surface area contributed by atoms with Crippen molar-refractivity contribution in [3.63, 3.8) is 0 Å². The molecular formula is C13H13BrO2. The molecule has 1 aromatic carbocycles. The molecule has 2 rings (SSSR count). The molecule has 0 aliphatic rings. The molecule has 1 heterocycles. The Balaban J connectivity index is 2.10. The summed E-state index contributed by atoms with van der Waals surface area (Å²) in [6.07, 6.45) is 1.65. The van der Waals surface area contributed by atoms with Crippen LogP contribution >= 0.6 is 15.9 Å². The first-order chi connectivity index (χ1) is 7.66. The van der Waals surface area contributed by atoms with Crippen LogP contribution in [0.3, 0.4) is 0 Å². The van der Waals surface area contributed by atoms with Gasteiger partial charge in [-0.25, -0.2) is 0 Å². The van der Waals surface area contributed by atoms with Gasteiger partial charge in [-0.2, -0.15) is 0 Å². The van der Waals surface area contributed by atoms with Gasteiger partial charge in [0.15, 0.2) is 0 Å². The van der Waals surface area contributed by atoms with Crippen LogP contribution in [0.1, 0.15) is 16.9 Å². The van der Waals surface area contributed by atoms with Gasteiger partial charge in [0.25, 0.3) is 0 Å². The third kappa shape index (κ3) is 2.47. The van der Waals surface area contributed by atoms with Crippen LogP contribution in [-0.4, -0.2) is 0 Å². The van der Waals surface area contributed by atoms with Crippen molar-refractivity contribution in [1.29, 1.82) is 0 Å². The van der Waals surface area contributed by atoms with E-state index in [0.29, 0.717) is 6.61 Å². The van der Waals surface area contributed by atoms with Crippen LogP contribution < -0.4 is 4.74 Å². The monoisotopic (exact) mass is 280 g/mol. The Morgan fingerprint density at radius 3 is 2.50 bits per heavy atom. The summed E-state index contributed by atoms with van der Waals surface area (Å²) >= 11 is 3.53. The van der Waals surface area contributed by atoms with Crippen LogP contribution in [0.4, 0.5) is 0 Å². The van der Waals surface area contributed by atoms with Gasteiger partial charge in [-0.15, -0.1) is 0 Å². The molecule has 0 radical (unpaired) electrons. The summed E-state index contributed by atoms with van der Waals surface area (Å²) in [5.41, 5.74) is 2.35. The average Bonchev–Trinajstić information content (AvgIpc) is 2.75. The van der Waals surface area contributed by atoms with Crippen molar-refractivity contribution in [3.8, 4) is 5.75 Å². The van der Waals surface area contributed by atoms with E-state index in [4.69, 9.17) is 9.15 Å². The van der Waals surface area contributed by atoms with Crippen molar-refractivity contribution in [3.05, 3.63) is 51.9 Å². The molecule has 0 aliphatic carbocycles. The van der Waals surface area contributed by atoms with Gasteiger partial charge in [-0.05, 0) is 49.2 Å². The normalized spacial score (nSPS) is 10.4. The summed E-state index contributed by atoms with van der Waals surface area (Å²) < 4.78 is 12.0. The molecule has 0 spiro atoms. The summed E-state index contributed by atoms with van der Waals surface area (Å²) in [4.78, 5) is 0. The van der Waals surface area contributed by atoms with Crippen LogP contribution in [0.2, 0.25) is 0 Å². The molecule has 0 unspecified atom stereocenters. The Morgan fingerprint density at radius 1 is 1.25 bits per heavy atom. The maximum Gasteiger partial charge on any atom is 0.146 e. The summed E-state index contributed by atoms with van der Waals surface area (Å²) in [7, 11) is 0. The molecule has 1 aromatic heterocycles. The minimum absolute atomic E-state index is 0.466. The standard InChI is InChI=1S/C13H13BrO2/c1-9-6-12(7-10(2)13(9)14)16-8-11-4-3-5-15-11/h3-7H,8H2,1-2H3. The Kier molecular flexibility index (Phi) is 3.34. The maximum absolute atomic E-state index is 5.65. The van der Waals surface area contributed by atoms with E-state index in [1.165, 1.54) is 11.1 Å². The first-order valence-electron chi connectivity index (χ1n) is 5.09. The lowest BCUT2D eigenvalue weighted by Crippen LogP contribution is -1.95. The molecule has 0 saturated carbocycles. The van der Waals surface area contributed by atoms with Crippen molar-refractivity contribution in [2.75, 3.05) is 0 Å². The molecule has 0 aliphatic heterocycles. The Hall–Kier alpha value is -1.22. The van der Waals surface area contributed by atoms with Gasteiger partial charge in [0, 0.05) is 4.47 Å². The molecular weight excluding hydrogens is 268 g/mol. The highest BCUT2D eigenvalue weighted by Crippen LogP contribution is 2.26. The van der Waals surface area contributed by atoms with E-state index in [2.05, 4.69) is 29.8 Å². The summed E-state index contributed by atoms with van der Waals surface area (Å²) in [5, 5.41) is 0. The number of furan rings is 1. The minimum atomic E-state index is 0.466. The van der Waals surface area contributed by atoms with Crippen molar-refractivity contribution < 1.29 is 9.15 Å². The highest BCUT2D eigenvalue weighted by Gasteiger charge is 2.04. The largest absolute Gasteiger partial charge is 0.486 e. The van der Waals surface area contributed by atoms with Crippen LogP contribution in [0.15, 0.2) is 39.4 Å². The zero-order valence-electron chi connectivity index (χ0n) is 9.29. The lowest BCUT2D eigenvalue weighted by molar-refractivity contribution is 0.270. The predicted molar refractivity (Wildman–Crippen MR) is 66.7 cm³/mol. The summed E-state index contributed by atoms with van der Waals surface area (Å²) in [6.45, 7) is 4.57. The van der Waals surface area contributed by atoms with E-state index in [1.54, 1.807) is 6.26 Å². The van der Waals surface area contributed by atoms with Crippen LogP contribution in [0, 0.1) is 13.8 Å².